The van der Waals surface area contributed by atoms with Crippen molar-refractivity contribution in [1.29, 1.82) is 0 Å². The third-order valence-corrected chi connectivity index (χ3v) is 2.73. The zero-order valence-corrected chi connectivity index (χ0v) is 10.6. The fourth-order valence-corrected chi connectivity index (χ4v) is 1.76. The lowest BCUT2D eigenvalue weighted by molar-refractivity contribution is 0.157. The van der Waals surface area contributed by atoms with Crippen molar-refractivity contribution in [1.82, 2.24) is 5.32 Å². The van der Waals surface area contributed by atoms with Crippen LogP contribution in [0.15, 0.2) is 18.2 Å². The first-order valence-electron chi connectivity index (χ1n) is 5.89. The summed E-state index contributed by atoms with van der Waals surface area (Å²) in [7, 11) is 1.55. The molecule has 0 aliphatic rings. The number of hydrogen-bond donors (Lipinski definition) is 2. The Labute approximate surface area is 106 Å². The van der Waals surface area contributed by atoms with E-state index >= 15 is 0 Å². The van der Waals surface area contributed by atoms with Gasteiger partial charge in [-0.1, -0.05) is 6.07 Å². The normalized spacial score (nSPS) is 14.5. The number of methoxy groups -OCH3 is 1. The van der Waals surface area contributed by atoms with Crippen LogP contribution in [0.3, 0.4) is 0 Å². The average molecular weight is 259 g/mol. The Hall–Kier alpha value is -1.04. The molecule has 0 aromatic heterocycles. The molecule has 1 aromatic rings. The maximum absolute atomic E-state index is 13.2. The van der Waals surface area contributed by atoms with Crippen molar-refractivity contribution in [3.63, 3.8) is 0 Å². The fraction of sp³-hybridized carbons (Fsp3) is 0.538. The molecule has 0 spiro atoms. The minimum atomic E-state index is -0.870. The Morgan fingerprint density at radius 2 is 2.06 bits per heavy atom. The highest BCUT2D eigenvalue weighted by molar-refractivity contribution is 5.21. The van der Waals surface area contributed by atoms with E-state index in [2.05, 4.69) is 5.32 Å². The number of nitrogens with one attached hydrogen (secondary N) is 1. The van der Waals surface area contributed by atoms with Crippen molar-refractivity contribution < 1.29 is 18.6 Å². The second kappa shape index (κ2) is 7.41. The van der Waals surface area contributed by atoms with Gasteiger partial charge < -0.3 is 15.2 Å². The topological polar surface area (TPSA) is 41.5 Å². The highest BCUT2D eigenvalue weighted by Crippen LogP contribution is 2.17. The molecule has 2 N–H and O–H groups in total. The first kappa shape index (κ1) is 15.0. The van der Waals surface area contributed by atoms with Crippen molar-refractivity contribution in [2.75, 3.05) is 20.3 Å². The molecular weight excluding hydrogens is 240 g/mol. The number of rotatable bonds is 7. The first-order valence-corrected chi connectivity index (χ1v) is 5.89. The summed E-state index contributed by atoms with van der Waals surface area (Å²) in [6.07, 6.45) is 0.587. The van der Waals surface area contributed by atoms with E-state index < -0.39 is 11.6 Å². The first-order chi connectivity index (χ1) is 8.58. The summed E-state index contributed by atoms with van der Waals surface area (Å²) in [5.41, 5.74) is 0.625. The van der Waals surface area contributed by atoms with Gasteiger partial charge in [0.1, 0.15) is 0 Å². The number of benzene rings is 1. The monoisotopic (exact) mass is 259 g/mol. The van der Waals surface area contributed by atoms with Gasteiger partial charge in [0.25, 0.3) is 0 Å². The van der Waals surface area contributed by atoms with Gasteiger partial charge in [-0.25, -0.2) is 8.78 Å². The largest absolute Gasteiger partial charge is 0.396 e. The van der Waals surface area contributed by atoms with Crippen LogP contribution in [0.1, 0.15) is 24.9 Å². The number of aliphatic hydroxyl groups excluding tert-OH is 1. The van der Waals surface area contributed by atoms with Crippen molar-refractivity contribution in [3.05, 3.63) is 35.4 Å². The minimum Gasteiger partial charge on any atom is -0.396 e. The molecular formula is C13H19F2NO2. The van der Waals surface area contributed by atoms with E-state index in [0.717, 1.165) is 12.1 Å². The standard InChI is InChI=1S/C13H19F2NO2/c1-9(5-6-17)16-13(8-18-2)10-3-4-11(14)12(15)7-10/h3-4,7,9,13,16-17H,5-6,8H2,1-2H3. The van der Waals surface area contributed by atoms with Gasteiger partial charge in [-0.15, -0.1) is 0 Å². The number of aliphatic hydroxyl groups is 1. The molecule has 1 rings (SSSR count). The Morgan fingerprint density at radius 3 is 2.61 bits per heavy atom. The van der Waals surface area contributed by atoms with Crippen LogP contribution in [0.25, 0.3) is 0 Å². The molecule has 0 aliphatic carbocycles. The maximum atomic E-state index is 13.2. The summed E-state index contributed by atoms with van der Waals surface area (Å²) in [6, 6.07) is 3.62. The molecule has 2 atom stereocenters. The lowest BCUT2D eigenvalue weighted by Gasteiger charge is -2.23. The molecule has 0 bridgehead atoms. The van der Waals surface area contributed by atoms with Crippen LogP contribution in [0.4, 0.5) is 8.78 Å². The molecule has 0 heterocycles. The molecule has 102 valence electrons. The lowest BCUT2D eigenvalue weighted by Crippen LogP contribution is -2.33. The van der Waals surface area contributed by atoms with Crippen molar-refractivity contribution in [3.8, 4) is 0 Å². The Balaban J connectivity index is 2.79. The van der Waals surface area contributed by atoms with Crippen LogP contribution >= 0.6 is 0 Å². The van der Waals surface area contributed by atoms with Crippen LogP contribution in [0.5, 0.6) is 0 Å². The quantitative estimate of drug-likeness (QED) is 0.787. The lowest BCUT2D eigenvalue weighted by atomic mass is 10.1. The Kier molecular flexibility index (Phi) is 6.18. The van der Waals surface area contributed by atoms with E-state index in [1.165, 1.54) is 6.07 Å². The van der Waals surface area contributed by atoms with Crippen LogP contribution in [-0.4, -0.2) is 31.5 Å². The SMILES string of the molecule is COCC(NC(C)CCO)c1ccc(F)c(F)c1. The molecule has 0 amide bonds. The van der Waals surface area contributed by atoms with Gasteiger partial charge in [0.2, 0.25) is 0 Å². The molecule has 0 radical (unpaired) electrons. The molecule has 0 saturated carbocycles. The minimum absolute atomic E-state index is 0.0586. The van der Waals surface area contributed by atoms with E-state index in [0.29, 0.717) is 18.6 Å². The molecule has 0 saturated heterocycles. The Bertz CT molecular complexity index is 374. The summed E-state index contributed by atoms with van der Waals surface area (Å²) in [4.78, 5) is 0. The molecule has 3 nitrogen and oxygen atoms in total. The predicted molar refractivity (Wildman–Crippen MR) is 65.3 cm³/mol. The van der Waals surface area contributed by atoms with Gasteiger partial charge in [-0.2, -0.15) is 0 Å². The summed E-state index contributed by atoms with van der Waals surface area (Å²) >= 11 is 0. The number of ether oxygens (including phenoxy) is 1. The second-order valence-corrected chi connectivity index (χ2v) is 4.26. The van der Waals surface area contributed by atoms with Crippen LogP contribution in [0, 0.1) is 11.6 Å². The zero-order valence-electron chi connectivity index (χ0n) is 10.6. The van der Waals surface area contributed by atoms with E-state index in [-0.39, 0.29) is 18.7 Å². The van der Waals surface area contributed by atoms with Crippen LogP contribution in [-0.2, 0) is 4.74 Å². The number of halogens is 2. The highest BCUT2D eigenvalue weighted by atomic mass is 19.2. The molecule has 5 heteroatoms. The smallest absolute Gasteiger partial charge is 0.159 e. The van der Waals surface area contributed by atoms with E-state index in [9.17, 15) is 8.78 Å². The molecule has 18 heavy (non-hydrogen) atoms. The van der Waals surface area contributed by atoms with Gasteiger partial charge >= 0.3 is 0 Å². The van der Waals surface area contributed by atoms with Crippen molar-refractivity contribution >= 4 is 0 Å². The van der Waals surface area contributed by atoms with E-state index in [1.54, 1.807) is 7.11 Å². The van der Waals surface area contributed by atoms with Crippen molar-refractivity contribution in [2.45, 2.75) is 25.4 Å². The van der Waals surface area contributed by atoms with Gasteiger partial charge in [0.05, 0.1) is 12.6 Å². The third-order valence-electron chi connectivity index (χ3n) is 2.73. The van der Waals surface area contributed by atoms with E-state index in [1.807, 2.05) is 6.92 Å². The van der Waals surface area contributed by atoms with Crippen LogP contribution in [0.2, 0.25) is 0 Å². The van der Waals surface area contributed by atoms with Gasteiger partial charge in [0.15, 0.2) is 11.6 Å². The van der Waals surface area contributed by atoms with Gasteiger partial charge in [-0.3, -0.25) is 0 Å². The summed E-state index contributed by atoms with van der Waals surface area (Å²) in [6.45, 7) is 2.34. The fourth-order valence-electron chi connectivity index (χ4n) is 1.76. The van der Waals surface area contributed by atoms with Gasteiger partial charge in [-0.05, 0) is 31.0 Å². The maximum Gasteiger partial charge on any atom is 0.159 e. The molecule has 0 fully saturated rings. The summed E-state index contributed by atoms with van der Waals surface area (Å²) in [5, 5.41) is 12.1. The predicted octanol–water partition coefficient (Wildman–Crippen LogP) is 2.01. The molecule has 0 aliphatic heterocycles. The summed E-state index contributed by atoms with van der Waals surface area (Å²) in [5.74, 6) is -1.73. The zero-order chi connectivity index (χ0) is 13.5. The second-order valence-electron chi connectivity index (χ2n) is 4.26. The third kappa shape index (κ3) is 4.33. The van der Waals surface area contributed by atoms with Crippen LogP contribution < -0.4 is 5.32 Å². The number of hydrogen-bond acceptors (Lipinski definition) is 3. The van der Waals surface area contributed by atoms with Gasteiger partial charge in [0, 0.05) is 19.8 Å². The Morgan fingerprint density at radius 1 is 1.33 bits per heavy atom. The highest BCUT2D eigenvalue weighted by Gasteiger charge is 2.15. The molecule has 2 unspecified atom stereocenters. The van der Waals surface area contributed by atoms with Crippen molar-refractivity contribution in [2.24, 2.45) is 0 Å². The average Bonchev–Trinajstić information content (AvgIpc) is 2.32. The molecule has 1 aromatic carbocycles. The summed E-state index contributed by atoms with van der Waals surface area (Å²) < 4.78 is 31.1. The van der Waals surface area contributed by atoms with E-state index in [4.69, 9.17) is 9.84 Å².